The Hall–Kier alpha value is -3.91. The number of fused-ring (bicyclic) bond motifs is 4. The van der Waals surface area contributed by atoms with Crippen LogP contribution in [0.1, 0.15) is 82.1 Å². The molecule has 44 heavy (non-hydrogen) atoms. The number of benzene rings is 4. The number of anilines is 1. The summed E-state index contributed by atoms with van der Waals surface area (Å²) in [6, 6.07) is 31.6. The lowest BCUT2D eigenvalue weighted by atomic mass is 9.73. The van der Waals surface area contributed by atoms with Gasteiger partial charge in [-0.2, -0.15) is 4.58 Å². The van der Waals surface area contributed by atoms with E-state index >= 15 is 0 Å². The number of hydrogen-bond donors (Lipinski definition) is 0. The van der Waals surface area contributed by atoms with E-state index in [1.165, 1.54) is 81.5 Å². The Balaban J connectivity index is 1.44. The highest BCUT2D eigenvalue weighted by atomic mass is 15.2. The standard InChI is InChI=1S/C42H49N2/c1-7-9-10-16-28-44-36-26-24-31(3)29-35(36)41(4,8-2)39(44)23-17-22-38-42(5,30-32-18-12-11-13-19-32)40-34-21-15-14-20-33(34)25-27-37(40)43(38)6/h11-15,17-27,29H,7-10,16,28,30H2,1-6H3/q+1. The van der Waals surface area contributed by atoms with Crippen LogP contribution in [0, 0.1) is 6.92 Å². The molecule has 4 aromatic carbocycles. The molecule has 2 heteroatoms. The van der Waals surface area contributed by atoms with Crippen LogP contribution in [-0.4, -0.2) is 23.9 Å². The normalized spacial score (nSPS) is 22.0. The van der Waals surface area contributed by atoms with E-state index in [4.69, 9.17) is 0 Å². The zero-order chi connectivity index (χ0) is 30.9. The van der Waals surface area contributed by atoms with Crippen LogP contribution in [0.3, 0.4) is 0 Å². The topological polar surface area (TPSA) is 6.25 Å². The lowest BCUT2D eigenvalue weighted by molar-refractivity contribution is -0.401. The first-order valence-corrected chi connectivity index (χ1v) is 16.8. The smallest absolute Gasteiger partial charge is 0.210 e. The second kappa shape index (κ2) is 12.2. The van der Waals surface area contributed by atoms with Crippen molar-refractivity contribution in [2.45, 2.75) is 84.0 Å². The summed E-state index contributed by atoms with van der Waals surface area (Å²) in [4.78, 5) is 2.63. The van der Waals surface area contributed by atoms with Gasteiger partial charge in [0.05, 0.1) is 5.41 Å². The van der Waals surface area contributed by atoms with Crippen LogP contribution in [0.25, 0.3) is 10.8 Å². The summed E-state index contributed by atoms with van der Waals surface area (Å²) < 4.78 is 2.44. The van der Waals surface area contributed by atoms with Gasteiger partial charge in [0.25, 0.3) is 0 Å². The van der Waals surface area contributed by atoms with Crippen molar-refractivity contribution in [3.8, 4) is 0 Å². The van der Waals surface area contributed by atoms with Crippen molar-refractivity contribution in [2.75, 3.05) is 18.5 Å². The molecule has 2 atom stereocenters. The van der Waals surface area contributed by atoms with Gasteiger partial charge in [-0.05, 0) is 80.1 Å². The van der Waals surface area contributed by atoms with Crippen molar-refractivity contribution < 1.29 is 4.58 Å². The Bertz CT molecular complexity index is 1760. The average Bonchev–Trinajstić information content (AvgIpc) is 3.39. The Morgan fingerprint density at radius 2 is 1.59 bits per heavy atom. The van der Waals surface area contributed by atoms with Crippen LogP contribution < -0.4 is 4.90 Å². The van der Waals surface area contributed by atoms with E-state index in [2.05, 4.69) is 154 Å². The molecule has 0 aromatic heterocycles. The van der Waals surface area contributed by atoms with Crippen molar-refractivity contribution in [1.82, 2.24) is 0 Å². The molecule has 0 N–H and O–H groups in total. The summed E-state index contributed by atoms with van der Waals surface area (Å²) >= 11 is 0. The van der Waals surface area contributed by atoms with Crippen LogP contribution in [0.15, 0.2) is 109 Å². The Kier molecular flexibility index (Phi) is 8.38. The fourth-order valence-corrected chi connectivity index (χ4v) is 7.93. The fraction of sp³-hybridized carbons (Fsp3) is 0.357. The SMILES string of the molecule is CCCCCCN1C(=CC=CC2=[N+](C)c3ccc4ccccc4c3C2(C)Cc2ccccc2)C(C)(CC)c2cc(C)ccc21. The van der Waals surface area contributed by atoms with Gasteiger partial charge in [0.15, 0.2) is 5.71 Å². The van der Waals surface area contributed by atoms with E-state index in [0.29, 0.717) is 0 Å². The first kappa shape index (κ1) is 30.1. The van der Waals surface area contributed by atoms with Gasteiger partial charge in [0.1, 0.15) is 7.05 Å². The monoisotopic (exact) mass is 581 g/mol. The molecular weight excluding hydrogens is 532 g/mol. The summed E-state index contributed by atoms with van der Waals surface area (Å²) in [6.45, 7) is 12.8. The van der Waals surface area contributed by atoms with Gasteiger partial charge >= 0.3 is 0 Å². The Labute approximate surface area is 265 Å². The number of allylic oxidation sites excluding steroid dienone is 4. The molecule has 0 amide bonds. The van der Waals surface area contributed by atoms with E-state index in [0.717, 1.165) is 19.4 Å². The number of nitrogens with zero attached hydrogens (tertiary/aromatic N) is 2. The van der Waals surface area contributed by atoms with E-state index in [9.17, 15) is 0 Å². The van der Waals surface area contributed by atoms with Gasteiger partial charge in [-0.15, -0.1) is 0 Å². The van der Waals surface area contributed by atoms with Crippen molar-refractivity contribution in [2.24, 2.45) is 0 Å². The molecule has 2 heterocycles. The van der Waals surface area contributed by atoms with Gasteiger partial charge in [-0.25, -0.2) is 0 Å². The maximum Gasteiger partial charge on any atom is 0.210 e. The lowest BCUT2D eigenvalue weighted by Gasteiger charge is -2.29. The summed E-state index contributed by atoms with van der Waals surface area (Å²) in [6.07, 6.45) is 14.3. The Morgan fingerprint density at radius 1 is 0.818 bits per heavy atom. The van der Waals surface area contributed by atoms with Crippen LogP contribution in [0.5, 0.6) is 0 Å². The summed E-state index contributed by atoms with van der Waals surface area (Å²) in [7, 11) is 2.25. The molecule has 2 unspecified atom stereocenters. The van der Waals surface area contributed by atoms with Gasteiger partial charge in [-0.1, -0.05) is 111 Å². The molecule has 226 valence electrons. The quantitative estimate of drug-likeness (QED) is 0.133. The summed E-state index contributed by atoms with van der Waals surface area (Å²) in [5.41, 5.74) is 11.0. The maximum absolute atomic E-state index is 2.63. The van der Waals surface area contributed by atoms with E-state index < -0.39 is 0 Å². The second-order valence-corrected chi connectivity index (χ2v) is 13.4. The summed E-state index contributed by atoms with van der Waals surface area (Å²) in [5, 5.41) is 2.66. The van der Waals surface area contributed by atoms with Gasteiger partial charge in [0, 0.05) is 41.1 Å². The third-order valence-electron chi connectivity index (χ3n) is 10.5. The molecule has 4 aromatic rings. The van der Waals surface area contributed by atoms with Crippen molar-refractivity contribution in [1.29, 1.82) is 0 Å². The minimum atomic E-state index is -0.162. The van der Waals surface area contributed by atoms with Crippen molar-refractivity contribution in [3.63, 3.8) is 0 Å². The first-order chi connectivity index (χ1) is 21.3. The van der Waals surface area contributed by atoms with Crippen LogP contribution in [-0.2, 0) is 17.3 Å². The summed E-state index contributed by atoms with van der Waals surface area (Å²) in [5.74, 6) is 0. The van der Waals surface area contributed by atoms with Gasteiger partial charge in [-0.3, -0.25) is 0 Å². The fourth-order valence-electron chi connectivity index (χ4n) is 7.93. The third-order valence-corrected chi connectivity index (χ3v) is 10.5. The van der Waals surface area contributed by atoms with E-state index in [1.807, 2.05) is 0 Å². The van der Waals surface area contributed by atoms with Crippen LogP contribution >= 0.6 is 0 Å². The predicted octanol–water partition coefficient (Wildman–Crippen LogP) is 10.6. The zero-order valence-corrected chi connectivity index (χ0v) is 27.7. The highest BCUT2D eigenvalue weighted by molar-refractivity contribution is 6.08. The molecule has 0 bridgehead atoms. The molecule has 0 saturated heterocycles. The highest BCUT2D eigenvalue weighted by Crippen LogP contribution is 2.50. The molecule has 0 fully saturated rings. The minimum Gasteiger partial charge on any atom is -0.344 e. The molecule has 2 nitrogen and oxygen atoms in total. The Morgan fingerprint density at radius 3 is 2.36 bits per heavy atom. The molecule has 2 aliphatic rings. The average molecular weight is 582 g/mol. The number of rotatable bonds is 10. The molecule has 2 aliphatic heterocycles. The van der Waals surface area contributed by atoms with Gasteiger partial charge in [0.2, 0.25) is 5.69 Å². The van der Waals surface area contributed by atoms with E-state index in [-0.39, 0.29) is 10.8 Å². The molecule has 0 spiro atoms. The second-order valence-electron chi connectivity index (χ2n) is 13.4. The number of aryl methyl sites for hydroxylation is 1. The molecule has 0 aliphatic carbocycles. The van der Waals surface area contributed by atoms with Crippen molar-refractivity contribution in [3.05, 3.63) is 131 Å². The van der Waals surface area contributed by atoms with Gasteiger partial charge < -0.3 is 4.90 Å². The van der Waals surface area contributed by atoms with Crippen LogP contribution in [0.2, 0.25) is 0 Å². The predicted molar refractivity (Wildman–Crippen MR) is 190 cm³/mol. The number of hydrogen-bond acceptors (Lipinski definition) is 1. The molecule has 0 saturated carbocycles. The van der Waals surface area contributed by atoms with E-state index in [1.54, 1.807) is 0 Å². The maximum atomic E-state index is 2.63. The lowest BCUT2D eigenvalue weighted by Crippen LogP contribution is -2.33. The van der Waals surface area contributed by atoms with Crippen molar-refractivity contribution >= 4 is 27.9 Å². The van der Waals surface area contributed by atoms with Crippen LogP contribution in [0.4, 0.5) is 11.4 Å². The largest absolute Gasteiger partial charge is 0.344 e. The molecule has 0 radical (unpaired) electrons. The zero-order valence-electron chi connectivity index (χ0n) is 27.7. The molecule has 6 rings (SSSR count). The highest BCUT2D eigenvalue weighted by Gasteiger charge is 2.48. The first-order valence-electron chi connectivity index (χ1n) is 16.8. The molecular formula is C42H49N2+. The third kappa shape index (κ3) is 5.13. The minimum absolute atomic E-state index is 0.00476. The number of unbranched alkanes of at least 4 members (excludes halogenated alkanes) is 3.